The number of carbonyl (C=O) groups excluding carboxylic acids is 1. The number of nitrogens with one attached hydrogen (secondary N) is 1. The number of hydrogen-bond donors (Lipinski definition) is 2. The molecule has 0 spiro atoms. The van der Waals surface area contributed by atoms with E-state index in [0.29, 0.717) is 12.1 Å². The van der Waals surface area contributed by atoms with Crippen LogP contribution in [0.2, 0.25) is 0 Å². The van der Waals surface area contributed by atoms with Crippen molar-refractivity contribution in [2.75, 3.05) is 11.9 Å². The van der Waals surface area contributed by atoms with Crippen molar-refractivity contribution >= 4 is 11.6 Å². The van der Waals surface area contributed by atoms with Crippen molar-refractivity contribution in [1.29, 1.82) is 0 Å². The maximum Gasteiger partial charge on any atom is 0.224 e. The van der Waals surface area contributed by atoms with Gasteiger partial charge < -0.3 is 10.4 Å². The Hall–Kier alpha value is -1.86. The minimum atomic E-state index is -0.464. The van der Waals surface area contributed by atoms with Crippen LogP contribution in [0.3, 0.4) is 0 Å². The Morgan fingerprint density at radius 1 is 1.29 bits per heavy atom. The summed E-state index contributed by atoms with van der Waals surface area (Å²) in [5.74, 6) is 4.37. The number of unbranched alkanes of at least 4 members (excludes halogenated alkanes) is 4. The van der Waals surface area contributed by atoms with Crippen LogP contribution in [0.1, 0.15) is 51.0 Å². The second-order valence-corrected chi connectivity index (χ2v) is 4.87. The average molecular weight is 291 g/mol. The van der Waals surface area contributed by atoms with Gasteiger partial charge in [-0.2, -0.15) is 0 Å². The molecule has 4 heteroatoms. The van der Waals surface area contributed by atoms with Gasteiger partial charge in [0, 0.05) is 12.1 Å². The molecule has 0 saturated carbocycles. The van der Waals surface area contributed by atoms with Crippen molar-refractivity contribution in [3.8, 4) is 11.8 Å². The lowest BCUT2D eigenvalue weighted by Gasteiger charge is -2.06. The van der Waals surface area contributed by atoms with Gasteiger partial charge in [0.25, 0.3) is 0 Å². The average Bonchev–Trinajstić information content (AvgIpc) is 2.47. The van der Waals surface area contributed by atoms with E-state index in [1.54, 1.807) is 0 Å². The van der Waals surface area contributed by atoms with Crippen LogP contribution in [0.15, 0.2) is 18.2 Å². The molecule has 114 valence electrons. The van der Waals surface area contributed by atoms with Gasteiger partial charge in [-0.3, -0.25) is 4.79 Å². The molecule has 0 aliphatic carbocycles. The van der Waals surface area contributed by atoms with Crippen molar-refractivity contribution in [2.24, 2.45) is 0 Å². The van der Waals surface area contributed by atoms with Crippen LogP contribution in [0.5, 0.6) is 0 Å². The molecule has 0 unspecified atom stereocenters. The first-order valence-electron chi connectivity index (χ1n) is 7.36. The zero-order chi connectivity index (χ0) is 15.5. The molecule has 0 saturated heterocycles. The van der Waals surface area contributed by atoms with Gasteiger partial charge in [-0.15, -0.1) is 0 Å². The highest BCUT2D eigenvalue weighted by Gasteiger charge is 2.05. The second kappa shape index (κ2) is 9.95. The molecule has 1 amide bonds. The minimum absolute atomic E-state index is 0.0702. The number of aliphatic hydroxyl groups is 1. The molecule has 1 rings (SSSR count). The number of halogens is 1. The molecule has 0 bridgehead atoms. The molecule has 1 aromatic carbocycles. The summed E-state index contributed by atoms with van der Waals surface area (Å²) < 4.78 is 13.5. The number of benzene rings is 1. The van der Waals surface area contributed by atoms with Crippen LogP contribution >= 0.6 is 0 Å². The maximum atomic E-state index is 13.5. The number of carbonyl (C=O) groups is 1. The highest BCUT2D eigenvalue weighted by molar-refractivity contribution is 5.90. The highest BCUT2D eigenvalue weighted by atomic mass is 19.1. The largest absolute Gasteiger partial charge is 0.384 e. The third-order valence-electron chi connectivity index (χ3n) is 3.06. The molecular formula is C17H22FNO2. The Labute approximate surface area is 125 Å². The van der Waals surface area contributed by atoms with E-state index >= 15 is 0 Å². The van der Waals surface area contributed by atoms with Gasteiger partial charge >= 0.3 is 0 Å². The summed E-state index contributed by atoms with van der Waals surface area (Å²) in [6.07, 6.45) is 5.92. The summed E-state index contributed by atoms with van der Waals surface area (Å²) in [7, 11) is 0. The van der Waals surface area contributed by atoms with Gasteiger partial charge in [0.15, 0.2) is 0 Å². The standard InChI is InChI=1S/C17H22FNO2/c1-2-3-4-5-6-9-17(21)19-15-10-11-16(18)14(13-15)8-7-12-20/h10-11,13,20H,2-6,9,12H2,1H3,(H,19,21). The van der Waals surface area contributed by atoms with Crippen LogP contribution in [0.25, 0.3) is 0 Å². The number of anilines is 1. The molecule has 0 aromatic heterocycles. The van der Waals surface area contributed by atoms with Crippen LogP contribution in [-0.4, -0.2) is 17.6 Å². The zero-order valence-electron chi connectivity index (χ0n) is 12.4. The molecule has 0 aliphatic rings. The lowest BCUT2D eigenvalue weighted by molar-refractivity contribution is -0.116. The minimum Gasteiger partial charge on any atom is -0.384 e. The summed E-state index contributed by atoms with van der Waals surface area (Å²) in [5, 5.41) is 11.4. The Morgan fingerprint density at radius 2 is 2.05 bits per heavy atom. The fourth-order valence-corrected chi connectivity index (χ4v) is 1.95. The SMILES string of the molecule is CCCCCCCC(=O)Nc1ccc(F)c(C#CCO)c1. The summed E-state index contributed by atoms with van der Waals surface area (Å²) in [6, 6.07) is 4.25. The lowest BCUT2D eigenvalue weighted by Crippen LogP contribution is -2.11. The molecule has 1 aromatic rings. The van der Waals surface area contributed by atoms with Gasteiger partial charge in [0.1, 0.15) is 12.4 Å². The van der Waals surface area contributed by atoms with E-state index in [4.69, 9.17) is 5.11 Å². The predicted molar refractivity (Wildman–Crippen MR) is 82.4 cm³/mol. The summed E-state index contributed by atoms with van der Waals surface area (Å²) >= 11 is 0. The highest BCUT2D eigenvalue weighted by Crippen LogP contribution is 2.15. The normalized spacial score (nSPS) is 9.86. The molecule has 0 fully saturated rings. The zero-order valence-corrected chi connectivity index (χ0v) is 12.4. The van der Waals surface area contributed by atoms with Gasteiger partial charge in [-0.25, -0.2) is 4.39 Å². The number of rotatable bonds is 7. The van der Waals surface area contributed by atoms with E-state index in [-0.39, 0.29) is 18.1 Å². The van der Waals surface area contributed by atoms with Crippen LogP contribution < -0.4 is 5.32 Å². The third-order valence-corrected chi connectivity index (χ3v) is 3.06. The van der Waals surface area contributed by atoms with E-state index in [1.807, 2.05) is 0 Å². The topological polar surface area (TPSA) is 49.3 Å². The quantitative estimate of drug-likeness (QED) is 0.597. The van der Waals surface area contributed by atoms with Crippen molar-refractivity contribution in [1.82, 2.24) is 0 Å². The molecular weight excluding hydrogens is 269 g/mol. The van der Waals surface area contributed by atoms with Gasteiger partial charge in [0.2, 0.25) is 5.91 Å². The molecule has 0 atom stereocenters. The first-order chi connectivity index (χ1) is 10.2. The smallest absolute Gasteiger partial charge is 0.224 e. The van der Waals surface area contributed by atoms with E-state index in [9.17, 15) is 9.18 Å². The summed E-state index contributed by atoms with van der Waals surface area (Å²) in [6.45, 7) is 1.83. The molecule has 0 heterocycles. The number of aliphatic hydroxyl groups excluding tert-OH is 1. The predicted octanol–water partition coefficient (Wildman–Crippen LogP) is 3.47. The number of amides is 1. The van der Waals surface area contributed by atoms with Crippen LogP contribution in [0.4, 0.5) is 10.1 Å². The Bertz CT molecular complexity index is 517. The Morgan fingerprint density at radius 3 is 2.76 bits per heavy atom. The van der Waals surface area contributed by atoms with E-state index in [1.165, 1.54) is 31.0 Å². The molecule has 3 nitrogen and oxygen atoms in total. The van der Waals surface area contributed by atoms with Crippen LogP contribution in [-0.2, 0) is 4.79 Å². The fourth-order valence-electron chi connectivity index (χ4n) is 1.95. The molecule has 0 radical (unpaired) electrons. The van der Waals surface area contributed by atoms with Crippen molar-refractivity contribution in [3.05, 3.63) is 29.6 Å². The van der Waals surface area contributed by atoms with Gasteiger partial charge in [0.05, 0.1) is 5.56 Å². The van der Waals surface area contributed by atoms with Crippen molar-refractivity contribution in [2.45, 2.75) is 45.4 Å². The first-order valence-corrected chi connectivity index (χ1v) is 7.36. The van der Waals surface area contributed by atoms with Gasteiger partial charge in [-0.05, 0) is 24.6 Å². The Balaban J connectivity index is 2.48. The molecule has 21 heavy (non-hydrogen) atoms. The summed E-state index contributed by atoms with van der Waals surface area (Å²) in [4.78, 5) is 11.8. The van der Waals surface area contributed by atoms with E-state index < -0.39 is 5.82 Å². The van der Waals surface area contributed by atoms with Crippen molar-refractivity contribution in [3.63, 3.8) is 0 Å². The van der Waals surface area contributed by atoms with Crippen LogP contribution in [0, 0.1) is 17.7 Å². The van der Waals surface area contributed by atoms with Gasteiger partial charge in [-0.1, -0.05) is 44.4 Å². The fraction of sp³-hybridized carbons (Fsp3) is 0.471. The van der Waals surface area contributed by atoms with E-state index in [2.05, 4.69) is 24.1 Å². The lowest BCUT2D eigenvalue weighted by atomic mass is 10.1. The monoisotopic (exact) mass is 291 g/mol. The first kappa shape index (κ1) is 17.2. The van der Waals surface area contributed by atoms with E-state index in [0.717, 1.165) is 19.3 Å². The molecule has 0 aliphatic heterocycles. The Kier molecular flexibility index (Phi) is 8.15. The van der Waals surface area contributed by atoms with Crippen molar-refractivity contribution < 1.29 is 14.3 Å². The molecule has 2 N–H and O–H groups in total. The maximum absolute atomic E-state index is 13.5. The number of hydrogen-bond acceptors (Lipinski definition) is 2. The summed E-state index contributed by atoms with van der Waals surface area (Å²) in [5.41, 5.74) is 0.696. The second-order valence-electron chi connectivity index (χ2n) is 4.87. The third kappa shape index (κ3) is 6.92.